The summed E-state index contributed by atoms with van der Waals surface area (Å²) in [5.74, 6) is -0.562. The lowest BCUT2D eigenvalue weighted by Gasteiger charge is -2.25. The number of amides is 2. The Labute approximate surface area is 168 Å². The van der Waals surface area contributed by atoms with Crippen LogP contribution in [0.15, 0.2) is 35.0 Å². The van der Waals surface area contributed by atoms with Gasteiger partial charge in [-0.05, 0) is 39.0 Å². The summed E-state index contributed by atoms with van der Waals surface area (Å²) in [4.78, 5) is 27.7. The lowest BCUT2D eigenvalue weighted by Crippen LogP contribution is -2.36. The molecule has 0 spiro atoms. The maximum atomic E-state index is 12.4. The molecule has 1 aromatic carbocycles. The fourth-order valence-electron chi connectivity index (χ4n) is 2.42. The summed E-state index contributed by atoms with van der Waals surface area (Å²) in [6.07, 6.45) is 0.548. The van der Waals surface area contributed by atoms with Crippen molar-refractivity contribution in [1.29, 1.82) is 5.41 Å². The lowest BCUT2D eigenvalue weighted by atomic mass is 10.2. The molecule has 1 saturated heterocycles. The Morgan fingerprint density at radius 1 is 1.26 bits per heavy atom. The zero-order valence-corrected chi connectivity index (χ0v) is 16.9. The molecule has 2 N–H and O–H groups in total. The third-order valence-electron chi connectivity index (χ3n) is 3.62. The van der Waals surface area contributed by atoms with Gasteiger partial charge in [0.25, 0.3) is 5.91 Å². The fraction of sp³-hybridized carbons (Fsp3) is 0.389. The van der Waals surface area contributed by atoms with E-state index in [1.54, 1.807) is 49.9 Å². The molecule has 7 nitrogen and oxygen atoms in total. The predicted octanol–water partition coefficient (Wildman–Crippen LogP) is 3.89. The van der Waals surface area contributed by atoms with E-state index in [0.29, 0.717) is 23.8 Å². The van der Waals surface area contributed by atoms with Gasteiger partial charge in [-0.3, -0.25) is 9.69 Å². The number of nitrogens with one attached hydrogen (secondary N) is 2. The van der Waals surface area contributed by atoms with E-state index < -0.39 is 17.6 Å². The Bertz CT molecular complexity index is 774. The first-order chi connectivity index (χ1) is 12.6. The van der Waals surface area contributed by atoms with E-state index in [0.717, 1.165) is 6.21 Å². The van der Waals surface area contributed by atoms with Crippen molar-refractivity contribution in [3.8, 4) is 0 Å². The van der Waals surface area contributed by atoms with Crippen LogP contribution in [0.1, 0.15) is 20.8 Å². The fourth-order valence-corrected chi connectivity index (χ4v) is 2.83. The summed E-state index contributed by atoms with van der Waals surface area (Å²) in [6, 6.07) is 6.66. The summed E-state index contributed by atoms with van der Waals surface area (Å²) >= 11 is 12.1. The third kappa shape index (κ3) is 5.87. The molecule has 146 valence electrons. The molecule has 0 bridgehead atoms. The standard InChI is InChI=1S/C18H22Cl2N4O3/c1-18(2,3)27-17(26)24-8-7-23(11-24)14(10-21)15(20)16(25)22-13-6-4-5-12(19)9-13/h4-6,9-10,21H,7-8,11H2,1-3H3,(H,22,25)/b15-14-,21-10?. The first kappa shape index (κ1) is 21.1. The van der Waals surface area contributed by atoms with E-state index >= 15 is 0 Å². The van der Waals surface area contributed by atoms with Gasteiger partial charge < -0.3 is 20.4 Å². The molecule has 1 heterocycles. The molecule has 0 aliphatic carbocycles. The average molecular weight is 413 g/mol. The van der Waals surface area contributed by atoms with Crippen LogP contribution in [0.25, 0.3) is 0 Å². The highest BCUT2D eigenvalue weighted by molar-refractivity contribution is 6.45. The highest BCUT2D eigenvalue weighted by Crippen LogP contribution is 2.21. The van der Waals surface area contributed by atoms with Gasteiger partial charge in [-0.15, -0.1) is 0 Å². The topological polar surface area (TPSA) is 85.7 Å². The van der Waals surface area contributed by atoms with E-state index in [1.807, 2.05) is 0 Å². The Hall–Kier alpha value is -2.25. The van der Waals surface area contributed by atoms with Gasteiger partial charge >= 0.3 is 6.09 Å². The number of benzene rings is 1. The van der Waals surface area contributed by atoms with Crippen LogP contribution in [0.5, 0.6) is 0 Å². The van der Waals surface area contributed by atoms with E-state index in [4.69, 9.17) is 33.3 Å². The van der Waals surface area contributed by atoms with Crippen LogP contribution in [0.3, 0.4) is 0 Å². The largest absolute Gasteiger partial charge is 0.444 e. The lowest BCUT2D eigenvalue weighted by molar-refractivity contribution is -0.112. The zero-order chi connectivity index (χ0) is 20.2. The SMILES string of the molecule is CC(C)(C)OC(=O)N1CCN(/C(C=N)=C(\Cl)C(=O)Nc2cccc(Cl)c2)C1. The molecule has 2 amide bonds. The van der Waals surface area contributed by atoms with Crippen LogP contribution in [0, 0.1) is 5.41 Å². The molecule has 1 aliphatic heterocycles. The number of nitrogens with zero attached hydrogens (tertiary/aromatic N) is 2. The highest BCUT2D eigenvalue weighted by atomic mass is 35.5. The molecule has 1 fully saturated rings. The number of hydrogen-bond donors (Lipinski definition) is 2. The van der Waals surface area contributed by atoms with Crippen molar-refractivity contribution < 1.29 is 14.3 Å². The molecular formula is C18H22Cl2N4O3. The molecule has 2 rings (SSSR count). The number of anilines is 1. The van der Waals surface area contributed by atoms with E-state index in [-0.39, 0.29) is 17.4 Å². The highest BCUT2D eigenvalue weighted by Gasteiger charge is 2.30. The van der Waals surface area contributed by atoms with Crippen LogP contribution in [0.4, 0.5) is 10.5 Å². The van der Waals surface area contributed by atoms with Crippen molar-refractivity contribution in [2.75, 3.05) is 25.1 Å². The van der Waals surface area contributed by atoms with Gasteiger partial charge in [-0.25, -0.2) is 4.79 Å². The van der Waals surface area contributed by atoms with Gasteiger partial charge in [0.15, 0.2) is 0 Å². The molecule has 27 heavy (non-hydrogen) atoms. The van der Waals surface area contributed by atoms with Gasteiger partial charge in [0.05, 0.1) is 12.4 Å². The summed E-state index contributed by atoms with van der Waals surface area (Å²) < 4.78 is 5.34. The molecule has 9 heteroatoms. The second-order valence-corrected chi connectivity index (χ2v) is 7.77. The van der Waals surface area contributed by atoms with Crippen molar-refractivity contribution in [2.45, 2.75) is 26.4 Å². The molecule has 0 aromatic heterocycles. The Morgan fingerprint density at radius 2 is 1.93 bits per heavy atom. The quantitative estimate of drug-likeness (QED) is 0.579. The maximum Gasteiger partial charge on any atom is 0.411 e. The molecule has 0 atom stereocenters. The number of ether oxygens (including phenoxy) is 1. The van der Waals surface area contributed by atoms with E-state index in [1.165, 1.54) is 4.90 Å². The Kier molecular flexibility index (Phi) is 6.73. The van der Waals surface area contributed by atoms with Crippen molar-refractivity contribution in [3.05, 3.63) is 40.0 Å². The average Bonchev–Trinajstić information content (AvgIpc) is 3.03. The summed E-state index contributed by atoms with van der Waals surface area (Å²) in [6.45, 7) is 6.40. The van der Waals surface area contributed by atoms with Crippen LogP contribution >= 0.6 is 23.2 Å². The van der Waals surface area contributed by atoms with Gasteiger partial charge in [0.1, 0.15) is 10.6 Å². The van der Waals surface area contributed by atoms with E-state index in [9.17, 15) is 9.59 Å². The molecule has 0 unspecified atom stereocenters. The van der Waals surface area contributed by atoms with Gasteiger partial charge in [-0.1, -0.05) is 29.3 Å². The molecular weight excluding hydrogens is 391 g/mol. The summed E-state index contributed by atoms with van der Waals surface area (Å²) in [7, 11) is 0. The van der Waals surface area contributed by atoms with Gasteiger partial charge in [0, 0.05) is 30.0 Å². The monoisotopic (exact) mass is 412 g/mol. The molecule has 0 saturated carbocycles. The molecule has 1 aliphatic rings. The van der Waals surface area contributed by atoms with Crippen LogP contribution < -0.4 is 5.32 Å². The molecule has 1 aromatic rings. The number of allylic oxidation sites excluding steroid dienone is 1. The van der Waals surface area contributed by atoms with E-state index in [2.05, 4.69) is 5.32 Å². The molecule has 0 radical (unpaired) electrons. The van der Waals surface area contributed by atoms with Crippen LogP contribution in [-0.2, 0) is 9.53 Å². The smallest absolute Gasteiger partial charge is 0.411 e. The summed E-state index contributed by atoms with van der Waals surface area (Å²) in [5, 5.41) is 10.6. The minimum absolute atomic E-state index is 0.143. The van der Waals surface area contributed by atoms with Gasteiger partial charge in [-0.2, -0.15) is 0 Å². The second-order valence-electron chi connectivity index (χ2n) is 6.96. The third-order valence-corrected chi connectivity index (χ3v) is 4.22. The zero-order valence-electron chi connectivity index (χ0n) is 15.4. The summed E-state index contributed by atoms with van der Waals surface area (Å²) in [5.41, 5.74) is 0.119. The minimum atomic E-state index is -0.598. The van der Waals surface area contributed by atoms with Gasteiger partial charge in [0.2, 0.25) is 0 Å². The first-order valence-electron chi connectivity index (χ1n) is 8.31. The van der Waals surface area contributed by atoms with Crippen molar-refractivity contribution in [2.24, 2.45) is 0 Å². The van der Waals surface area contributed by atoms with Crippen molar-refractivity contribution >= 4 is 47.1 Å². The van der Waals surface area contributed by atoms with Crippen LogP contribution in [0.2, 0.25) is 5.02 Å². The Balaban J connectivity index is 2.09. The number of rotatable bonds is 4. The number of halogens is 2. The van der Waals surface area contributed by atoms with Crippen LogP contribution in [-0.4, -0.2) is 53.4 Å². The normalized spacial score (nSPS) is 15.3. The number of carbonyl (C=O) groups excluding carboxylic acids is 2. The maximum absolute atomic E-state index is 12.4. The van der Waals surface area contributed by atoms with Crippen molar-refractivity contribution in [1.82, 2.24) is 9.80 Å². The number of carbonyl (C=O) groups is 2. The van der Waals surface area contributed by atoms with Crippen molar-refractivity contribution in [3.63, 3.8) is 0 Å². The minimum Gasteiger partial charge on any atom is -0.444 e. The first-order valence-corrected chi connectivity index (χ1v) is 9.06. The Morgan fingerprint density at radius 3 is 2.52 bits per heavy atom. The second kappa shape index (κ2) is 8.63. The predicted molar refractivity (Wildman–Crippen MR) is 106 cm³/mol. The number of hydrogen-bond acceptors (Lipinski definition) is 5.